The van der Waals surface area contributed by atoms with E-state index in [9.17, 15) is 0 Å². The Morgan fingerprint density at radius 1 is 0.385 bits per heavy atom. The third-order valence-electron chi connectivity index (χ3n) is 8.86. The molecular formula is C39H28. The molecule has 0 amide bonds. The van der Waals surface area contributed by atoms with Crippen LogP contribution in [0.15, 0.2) is 133 Å². The van der Waals surface area contributed by atoms with Gasteiger partial charge in [-0.1, -0.05) is 141 Å². The molecule has 0 saturated carbocycles. The van der Waals surface area contributed by atoms with E-state index in [2.05, 4.69) is 147 Å². The van der Waals surface area contributed by atoms with Gasteiger partial charge in [0.15, 0.2) is 0 Å². The van der Waals surface area contributed by atoms with Crippen LogP contribution in [-0.2, 0) is 5.41 Å². The molecule has 0 aliphatic heterocycles. The molecule has 7 aromatic carbocycles. The van der Waals surface area contributed by atoms with Gasteiger partial charge in [-0.2, -0.15) is 0 Å². The average molecular weight is 497 g/mol. The minimum atomic E-state index is 0.00676. The molecule has 1 aliphatic carbocycles. The molecule has 7 aromatic rings. The van der Waals surface area contributed by atoms with E-state index in [-0.39, 0.29) is 5.41 Å². The molecule has 0 aromatic heterocycles. The maximum atomic E-state index is 2.44. The van der Waals surface area contributed by atoms with Crippen molar-refractivity contribution in [3.05, 3.63) is 145 Å². The molecule has 0 saturated heterocycles. The van der Waals surface area contributed by atoms with Gasteiger partial charge < -0.3 is 0 Å². The van der Waals surface area contributed by atoms with E-state index < -0.39 is 0 Å². The van der Waals surface area contributed by atoms with Gasteiger partial charge in [0, 0.05) is 5.41 Å². The highest BCUT2D eigenvalue weighted by Crippen LogP contribution is 2.51. The van der Waals surface area contributed by atoms with E-state index in [0.29, 0.717) is 0 Å². The van der Waals surface area contributed by atoms with Gasteiger partial charge in [0.1, 0.15) is 0 Å². The smallest absolute Gasteiger partial charge is 0.0158 e. The Morgan fingerprint density at radius 3 is 1.62 bits per heavy atom. The first-order valence-electron chi connectivity index (χ1n) is 13.8. The van der Waals surface area contributed by atoms with E-state index in [0.717, 1.165) is 0 Å². The molecule has 1 aliphatic rings. The SMILES string of the molecule is CC1(C)c2ccccc2-c2cc(-c3c4ccccc4c(-c4cccc5ccccc45)c4ccccc34)ccc21. The van der Waals surface area contributed by atoms with Gasteiger partial charge in [0.05, 0.1) is 0 Å². The summed E-state index contributed by atoms with van der Waals surface area (Å²) in [5, 5.41) is 7.74. The molecule has 0 atom stereocenters. The molecular weight excluding hydrogens is 468 g/mol. The summed E-state index contributed by atoms with van der Waals surface area (Å²) < 4.78 is 0. The second-order valence-corrected chi connectivity index (χ2v) is 11.3. The first kappa shape index (κ1) is 22.3. The van der Waals surface area contributed by atoms with E-state index in [1.54, 1.807) is 0 Å². The van der Waals surface area contributed by atoms with Crippen LogP contribution < -0.4 is 0 Å². The van der Waals surface area contributed by atoms with Crippen molar-refractivity contribution in [3.63, 3.8) is 0 Å². The Hall–Kier alpha value is -4.68. The van der Waals surface area contributed by atoms with Crippen LogP contribution >= 0.6 is 0 Å². The molecule has 39 heavy (non-hydrogen) atoms. The van der Waals surface area contributed by atoms with Gasteiger partial charge in [-0.3, -0.25) is 0 Å². The summed E-state index contributed by atoms with van der Waals surface area (Å²) in [6.07, 6.45) is 0. The number of benzene rings is 7. The molecule has 0 bridgehead atoms. The molecule has 0 heterocycles. The standard InChI is InChI=1S/C39H28/c1-39(2)35-21-10-9-15-28(35)34-24-26(22-23-36(34)39)37-30-16-5-7-18-32(30)38(33-19-8-6-17-31(33)37)29-20-11-13-25-12-3-4-14-27(25)29/h3-24H,1-2H3. The Kier molecular flexibility index (Phi) is 4.67. The molecule has 0 spiro atoms. The Morgan fingerprint density at radius 2 is 0.897 bits per heavy atom. The van der Waals surface area contributed by atoms with Crippen LogP contribution in [0.4, 0.5) is 0 Å². The zero-order valence-electron chi connectivity index (χ0n) is 22.2. The summed E-state index contributed by atoms with van der Waals surface area (Å²) in [5.74, 6) is 0. The number of hydrogen-bond donors (Lipinski definition) is 0. The Bertz CT molecular complexity index is 2030. The zero-order valence-corrected chi connectivity index (χ0v) is 22.2. The van der Waals surface area contributed by atoms with Gasteiger partial charge in [-0.05, 0) is 82.9 Å². The van der Waals surface area contributed by atoms with Crippen molar-refractivity contribution in [1.82, 2.24) is 0 Å². The molecule has 0 heteroatoms. The minimum absolute atomic E-state index is 0.00676. The fraction of sp³-hybridized carbons (Fsp3) is 0.0769. The second-order valence-electron chi connectivity index (χ2n) is 11.3. The first-order valence-corrected chi connectivity index (χ1v) is 13.8. The topological polar surface area (TPSA) is 0 Å². The summed E-state index contributed by atoms with van der Waals surface area (Å²) in [4.78, 5) is 0. The van der Waals surface area contributed by atoms with Gasteiger partial charge in [-0.25, -0.2) is 0 Å². The van der Waals surface area contributed by atoms with Gasteiger partial charge in [0.2, 0.25) is 0 Å². The number of hydrogen-bond acceptors (Lipinski definition) is 0. The van der Waals surface area contributed by atoms with E-state index in [4.69, 9.17) is 0 Å². The normalized spacial score (nSPS) is 13.6. The van der Waals surface area contributed by atoms with Crippen molar-refractivity contribution in [2.45, 2.75) is 19.3 Å². The van der Waals surface area contributed by atoms with Crippen LogP contribution in [0.5, 0.6) is 0 Å². The molecule has 8 rings (SSSR count). The quantitative estimate of drug-likeness (QED) is 0.209. The predicted molar refractivity (Wildman–Crippen MR) is 167 cm³/mol. The summed E-state index contributed by atoms with van der Waals surface area (Å²) in [7, 11) is 0. The lowest BCUT2D eigenvalue weighted by atomic mass is 9.81. The van der Waals surface area contributed by atoms with Crippen molar-refractivity contribution < 1.29 is 0 Å². The highest BCUT2D eigenvalue weighted by molar-refractivity contribution is 6.23. The van der Waals surface area contributed by atoms with Gasteiger partial charge in [-0.15, -0.1) is 0 Å². The van der Waals surface area contributed by atoms with Crippen molar-refractivity contribution in [2.24, 2.45) is 0 Å². The highest BCUT2D eigenvalue weighted by atomic mass is 14.4. The lowest BCUT2D eigenvalue weighted by molar-refractivity contribution is 0.660. The number of fused-ring (bicyclic) bond motifs is 6. The van der Waals surface area contributed by atoms with Crippen LogP contribution in [-0.4, -0.2) is 0 Å². The summed E-state index contributed by atoms with van der Waals surface area (Å²) in [6.45, 7) is 4.70. The fourth-order valence-corrected chi connectivity index (χ4v) is 7.05. The third-order valence-corrected chi connectivity index (χ3v) is 8.86. The van der Waals surface area contributed by atoms with Crippen molar-refractivity contribution in [3.8, 4) is 33.4 Å². The summed E-state index contributed by atoms with van der Waals surface area (Å²) in [6, 6.07) is 49.4. The monoisotopic (exact) mass is 496 g/mol. The van der Waals surface area contributed by atoms with Gasteiger partial charge >= 0.3 is 0 Å². The summed E-state index contributed by atoms with van der Waals surface area (Å²) in [5.41, 5.74) is 10.7. The predicted octanol–water partition coefficient (Wildman–Crippen LogP) is 10.8. The molecule has 0 fully saturated rings. The van der Waals surface area contributed by atoms with Crippen molar-refractivity contribution in [1.29, 1.82) is 0 Å². The van der Waals surface area contributed by atoms with E-state index in [1.165, 1.54) is 76.8 Å². The third kappa shape index (κ3) is 3.12. The lowest BCUT2D eigenvalue weighted by Gasteiger charge is -2.22. The van der Waals surface area contributed by atoms with E-state index in [1.807, 2.05) is 0 Å². The van der Waals surface area contributed by atoms with Crippen LogP contribution in [0.2, 0.25) is 0 Å². The lowest BCUT2D eigenvalue weighted by Crippen LogP contribution is -2.14. The van der Waals surface area contributed by atoms with Crippen LogP contribution in [0.25, 0.3) is 65.7 Å². The Balaban J connectivity index is 1.48. The average Bonchev–Trinajstić information content (AvgIpc) is 3.21. The fourth-order valence-electron chi connectivity index (χ4n) is 7.05. The highest BCUT2D eigenvalue weighted by Gasteiger charge is 2.35. The number of rotatable bonds is 2. The Labute approximate surface area is 229 Å². The van der Waals surface area contributed by atoms with E-state index >= 15 is 0 Å². The van der Waals surface area contributed by atoms with Crippen LogP contribution in [0.3, 0.4) is 0 Å². The molecule has 0 radical (unpaired) electrons. The van der Waals surface area contributed by atoms with Gasteiger partial charge in [0.25, 0.3) is 0 Å². The second kappa shape index (κ2) is 8.16. The zero-order chi connectivity index (χ0) is 26.1. The molecule has 0 N–H and O–H groups in total. The molecule has 184 valence electrons. The largest absolute Gasteiger partial charge is 0.0619 e. The van der Waals surface area contributed by atoms with Crippen molar-refractivity contribution in [2.75, 3.05) is 0 Å². The minimum Gasteiger partial charge on any atom is -0.0619 e. The van der Waals surface area contributed by atoms with Crippen LogP contribution in [0.1, 0.15) is 25.0 Å². The first-order chi connectivity index (χ1) is 19.1. The maximum absolute atomic E-state index is 2.44. The van der Waals surface area contributed by atoms with Crippen LogP contribution in [0, 0.1) is 0 Å². The molecule has 0 unspecified atom stereocenters. The molecule has 0 nitrogen and oxygen atoms in total. The maximum Gasteiger partial charge on any atom is 0.0158 e. The summed E-state index contributed by atoms with van der Waals surface area (Å²) >= 11 is 0. The van der Waals surface area contributed by atoms with Crippen molar-refractivity contribution >= 4 is 32.3 Å².